The Morgan fingerprint density at radius 2 is 2.04 bits per heavy atom. The molecule has 2 aromatic rings. The van der Waals surface area contributed by atoms with E-state index < -0.39 is 11.2 Å². The Bertz CT molecular complexity index is 960. The van der Waals surface area contributed by atoms with Crippen molar-refractivity contribution in [3.63, 3.8) is 0 Å². The van der Waals surface area contributed by atoms with Crippen LogP contribution in [-0.4, -0.2) is 21.7 Å². The Kier molecular flexibility index (Phi) is 6.67. The van der Waals surface area contributed by atoms with E-state index in [1.165, 1.54) is 9.47 Å². The molecule has 2 rings (SSSR count). The Balaban J connectivity index is 2.40. The molecule has 0 saturated heterocycles. The maximum absolute atomic E-state index is 12.4. The van der Waals surface area contributed by atoms with Crippen LogP contribution in [0.2, 0.25) is 5.02 Å². The number of anilines is 3. The minimum absolute atomic E-state index is 0.0792. The highest BCUT2D eigenvalue weighted by atomic mass is 35.5. The molecule has 27 heavy (non-hydrogen) atoms. The topological polar surface area (TPSA) is 96.2 Å². The highest BCUT2D eigenvalue weighted by Crippen LogP contribution is 2.28. The van der Waals surface area contributed by atoms with Gasteiger partial charge in [-0.3, -0.25) is 14.3 Å². The zero-order valence-electron chi connectivity index (χ0n) is 15.9. The molecular formula is C18H24ClN5O2S. The fourth-order valence-corrected chi connectivity index (χ4v) is 3.37. The van der Waals surface area contributed by atoms with Gasteiger partial charge in [-0.25, -0.2) is 4.79 Å². The van der Waals surface area contributed by atoms with Crippen molar-refractivity contribution in [3.05, 3.63) is 49.1 Å². The second kappa shape index (κ2) is 8.58. The number of nitrogens with zero attached hydrogens (tertiary/aromatic N) is 2. The lowest BCUT2D eigenvalue weighted by Crippen LogP contribution is -2.40. The summed E-state index contributed by atoms with van der Waals surface area (Å²) < 4.78 is 1.35. The van der Waals surface area contributed by atoms with E-state index in [1.807, 2.05) is 32.9 Å². The van der Waals surface area contributed by atoms with E-state index in [9.17, 15) is 9.59 Å². The van der Waals surface area contributed by atoms with E-state index >= 15 is 0 Å². The Labute approximate surface area is 168 Å². The third-order valence-electron chi connectivity index (χ3n) is 4.25. The highest BCUT2D eigenvalue weighted by molar-refractivity contribution is 7.80. The van der Waals surface area contributed by atoms with Gasteiger partial charge in [0.05, 0.1) is 10.7 Å². The summed E-state index contributed by atoms with van der Waals surface area (Å²) in [4.78, 5) is 28.2. The second-order valence-electron chi connectivity index (χ2n) is 6.43. The van der Waals surface area contributed by atoms with E-state index in [2.05, 4.69) is 10.3 Å². The minimum atomic E-state index is -0.594. The number of H-pyrrole nitrogens is 1. The van der Waals surface area contributed by atoms with E-state index in [1.54, 1.807) is 7.05 Å². The molecule has 146 valence electrons. The number of nitrogens with one attached hydrogen (secondary N) is 2. The molecule has 0 aliphatic heterocycles. The van der Waals surface area contributed by atoms with Crippen LogP contribution in [0.25, 0.3) is 0 Å². The van der Waals surface area contributed by atoms with Gasteiger partial charge in [0.2, 0.25) is 0 Å². The first-order valence-electron chi connectivity index (χ1n) is 8.61. The standard InChI is InChI=1S/C18H24ClN5O2S/c1-5-6-7-24-15(20)14(16(25)22-17(24)26)23(4)18(27)21-13-11(3)8-10(2)9-12(13)19/h8-9H,5-7,20H2,1-4H3,(H,21,27)(H,22,25,26). The molecule has 0 unspecified atom stereocenters. The lowest BCUT2D eigenvalue weighted by atomic mass is 10.1. The van der Waals surface area contributed by atoms with E-state index in [0.717, 1.165) is 24.0 Å². The van der Waals surface area contributed by atoms with Crippen LogP contribution < -0.4 is 27.2 Å². The Morgan fingerprint density at radius 3 is 2.63 bits per heavy atom. The van der Waals surface area contributed by atoms with E-state index in [-0.39, 0.29) is 16.6 Å². The van der Waals surface area contributed by atoms with Gasteiger partial charge in [-0.05, 0) is 49.7 Å². The molecule has 0 atom stereocenters. The molecule has 9 heteroatoms. The number of halogens is 1. The molecular weight excluding hydrogens is 386 g/mol. The van der Waals surface area contributed by atoms with Crippen molar-refractivity contribution < 1.29 is 0 Å². The number of thiocarbonyl (C=S) groups is 1. The molecule has 0 amide bonds. The fourth-order valence-electron chi connectivity index (χ4n) is 2.81. The number of rotatable bonds is 5. The van der Waals surface area contributed by atoms with Crippen molar-refractivity contribution >= 4 is 46.1 Å². The summed E-state index contributed by atoms with van der Waals surface area (Å²) in [5, 5.41) is 3.83. The van der Waals surface area contributed by atoms with Crippen molar-refractivity contribution in [2.24, 2.45) is 0 Å². The van der Waals surface area contributed by atoms with Gasteiger partial charge in [-0.1, -0.05) is 31.0 Å². The maximum Gasteiger partial charge on any atom is 0.330 e. The molecule has 0 saturated carbocycles. The quantitative estimate of drug-likeness (QED) is 0.657. The van der Waals surface area contributed by atoms with Gasteiger partial charge in [0.25, 0.3) is 5.56 Å². The summed E-state index contributed by atoms with van der Waals surface area (Å²) in [7, 11) is 1.61. The van der Waals surface area contributed by atoms with Crippen LogP contribution in [0.15, 0.2) is 21.7 Å². The number of benzene rings is 1. The van der Waals surface area contributed by atoms with Crippen molar-refractivity contribution in [3.8, 4) is 0 Å². The summed E-state index contributed by atoms with van der Waals surface area (Å²) in [5.41, 5.74) is 7.73. The molecule has 4 N–H and O–H groups in total. The first-order chi connectivity index (χ1) is 12.7. The predicted octanol–water partition coefficient (Wildman–Crippen LogP) is 3.02. The van der Waals surface area contributed by atoms with Crippen LogP contribution in [0.5, 0.6) is 0 Å². The number of nitrogens with two attached hydrogens (primary N) is 1. The highest BCUT2D eigenvalue weighted by Gasteiger charge is 2.20. The van der Waals surface area contributed by atoms with Gasteiger partial charge in [-0.2, -0.15) is 0 Å². The fraction of sp³-hybridized carbons (Fsp3) is 0.389. The third kappa shape index (κ3) is 4.51. The molecule has 0 fully saturated rings. The average molecular weight is 410 g/mol. The summed E-state index contributed by atoms with van der Waals surface area (Å²) in [6.07, 6.45) is 1.65. The Morgan fingerprint density at radius 1 is 1.37 bits per heavy atom. The number of hydrogen-bond acceptors (Lipinski definition) is 4. The van der Waals surface area contributed by atoms with Crippen LogP contribution in [-0.2, 0) is 6.54 Å². The van der Waals surface area contributed by atoms with Gasteiger partial charge in [0.1, 0.15) is 11.5 Å². The van der Waals surface area contributed by atoms with Crippen molar-refractivity contribution in [1.29, 1.82) is 0 Å². The van der Waals surface area contributed by atoms with Crippen molar-refractivity contribution in [2.45, 2.75) is 40.2 Å². The van der Waals surface area contributed by atoms with Crippen LogP contribution >= 0.6 is 23.8 Å². The summed E-state index contributed by atoms with van der Waals surface area (Å²) in [6, 6.07) is 3.80. The van der Waals surface area contributed by atoms with Crippen LogP contribution in [0, 0.1) is 13.8 Å². The SMILES string of the molecule is CCCCn1c(N)c(N(C)C(=S)Nc2c(C)cc(C)cc2Cl)c(=O)[nH]c1=O. The number of unbranched alkanes of at least 4 members (excludes halogenated alkanes) is 1. The smallest absolute Gasteiger partial charge is 0.330 e. The number of nitrogen functional groups attached to an aromatic ring is 1. The molecule has 1 aromatic carbocycles. The molecule has 7 nitrogen and oxygen atoms in total. The Hall–Kier alpha value is -2.32. The lowest BCUT2D eigenvalue weighted by molar-refractivity contribution is 0.605. The van der Waals surface area contributed by atoms with E-state index in [4.69, 9.17) is 29.6 Å². The lowest BCUT2D eigenvalue weighted by Gasteiger charge is -2.24. The number of aromatic amines is 1. The normalized spacial score (nSPS) is 10.7. The summed E-state index contributed by atoms with van der Waals surface area (Å²) in [5.74, 6) is 0.0792. The molecule has 1 heterocycles. The molecule has 1 aromatic heterocycles. The summed E-state index contributed by atoms with van der Waals surface area (Å²) >= 11 is 11.8. The van der Waals surface area contributed by atoms with Crippen LogP contribution in [0.3, 0.4) is 0 Å². The molecule has 0 spiro atoms. The number of aryl methyl sites for hydroxylation is 2. The second-order valence-corrected chi connectivity index (χ2v) is 7.22. The monoisotopic (exact) mass is 409 g/mol. The van der Waals surface area contributed by atoms with Gasteiger partial charge >= 0.3 is 5.69 Å². The van der Waals surface area contributed by atoms with Gasteiger partial charge in [-0.15, -0.1) is 0 Å². The minimum Gasteiger partial charge on any atom is -0.383 e. The zero-order valence-corrected chi connectivity index (χ0v) is 17.4. The van der Waals surface area contributed by atoms with Crippen molar-refractivity contribution in [1.82, 2.24) is 9.55 Å². The number of aromatic nitrogens is 2. The van der Waals surface area contributed by atoms with Gasteiger partial charge in [0.15, 0.2) is 5.11 Å². The first kappa shape index (κ1) is 21.0. The van der Waals surface area contributed by atoms with E-state index in [0.29, 0.717) is 17.3 Å². The van der Waals surface area contributed by atoms with Gasteiger partial charge < -0.3 is 16.0 Å². The van der Waals surface area contributed by atoms with Crippen molar-refractivity contribution in [2.75, 3.05) is 23.0 Å². The molecule has 0 aliphatic rings. The zero-order chi connectivity index (χ0) is 20.3. The number of hydrogen-bond donors (Lipinski definition) is 3. The van der Waals surface area contributed by atoms with Crippen LogP contribution in [0.1, 0.15) is 30.9 Å². The van der Waals surface area contributed by atoms with Gasteiger partial charge in [0, 0.05) is 13.6 Å². The average Bonchev–Trinajstić information content (AvgIpc) is 2.57. The molecule has 0 radical (unpaired) electrons. The molecule has 0 bridgehead atoms. The third-order valence-corrected chi connectivity index (χ3v) is 4.93. The summed E-state index contributed by atoms with van der Waals surface area (Å²) in [6.45, 7) is 6.29. The largest absolute Gasteiger partial charge is 0.383 e. The first-order valence-corrected chi connectivity index (χ1v) is 9.40. The molecule has 0 aliphatic carbocycles. The predicted molar refractivity (Wildman–Crippen MR) is 116 cm³/mol. The maximum atomic E-state index is 12.4. The van der Waals surface area contributed by atoms with Crippen LogP contribution in [0.4, 0.5) is 17.2 Å².